The van der Waals surface area contributed by atoms with Crippen molar-refractivity contribution in [1.82, 2.24) is 10.2 Å². The summed E-state index contributed by atoms with van der Waals surface area (Å²) >= 11 is 0. The highest BCUT2D eigenvalue weighted by atomic mass is 16.5. The number of esters is 2. The number of piperidine rings is 1. The number of nitrogens with one attached hydrogen (secondary N) is 1. The molecule has 6 nitrogen and oxygen atoms in total. The summed E-state index contributed by atoms with van der Waals surface area (Å²) in [5.74, 6) is -0.606. The molecule has 124 valence electrons. The molecule has 4 unspecified atom stereocenters. The molecule has 0 aliphatic carbocycles. The van der Waals surface area contributed by atoms with Gasteiger partial charge in [0.2, 0.25) is 0 Å². The molecule has 6 heteroatoms. The zero-order chi connectivity index (χ0) is 15.7. The molecule has 3 fully saturated rings. The molecular weight excluding hydrogens is 284 g/mol. The molecule has 0 aromatic carbocycles. The van der Waals surface area contributed by atoms with Gasteiger partial charge in [-0.1, -0.05) is 0 Å². The molecule has 3 rings (SSSR count). The maximum Gasteiger partial charge on any atom is 0.311 e. The summed E-state index contributed by atoms with van der Waals surface area (Å²) in [4.78, 5) is 26.8. The third-order valence-electron chi connectivity index (χ3n) is 5.70. The van der Waals surface area contributed by atoms with Crippen LogP contribution in [-0.4, -0.2) is 62.8 Å². The monoisotopic (exact) mass is 310 g/mol. The minimum absolute atomic E-state index is 0.136. The van der Waals surface area contributed by atoms with E-state index in [-0.39, 0.29) is 35.9 Å². The van der Waals surface area contributed by atoms with Gasteiger partial charge in [-0.05, 0) is 44.7 Å². The van der Waals surface area contributed by atoms with E-state index >= 15 is 0 Å². The standard InChI is InChI=1S/C16H26N2O4/c1-21-15(19)13-11-3-4-12(14(13)16(20)22-2)18(11)9-10-5-7-17-8-6-10/h10-14,17H,3-9H2,1-2H3. The molecule has 0 aromatic heterocycles. The van der Waals surface area contributed by atoms with E-state index in [0.29, 0.717) is 5.92 Å². The second-order valence-corrected chi connectivity index (χ2v) is 6.70. The average Bonchev–Trinajstić information content (AvgIpc) is 3.09. The van der Waals surface area contributed by atoms with Gasteiger partial charge in [-0.2, -0.15) is 0 Å². The first-order chi connectivity index (χ1) is 10.7. The quantitative estimate of drug-likeness (QED) is 0.759. The minimum Gasteiger partial charge on any atom is -0.469 e. The first-order valence-corrected chi connectivity index (χ1v) is 8.29. The number of carbonyl (C=O) groups excluding carboxylic acids is 2. The lowest BCUT2D eigenvalue weighted by atomic mass is 9.79. The number of ether oxygens (including phenoxy) is 2. The number of fused-ring (bicyclic) bond motifs is 2. The first kappa shape index (κ1) is 15.7. The Balaban J connectivity index is 1.77. The maximum atomic E-state index is 12.2. The minimum atomic E-state index is -0.363. The third kappa shape index (κ3) is 2.63. The van der Waals surface area contributed by atoms with E-state index in [1.807, 2.05) is 0 Å². The third-order valence-corrected chi connectivity index (χ3v) is 5.70. The highest BCUT2D eigenvalue weighted by molar-refractivity contribution is 5.84. The Hall–Kier alpha value is -1.14. The molecule has 0 saturated carbocycles. The van der Waals surface area contributed by atoms with Gasteiger partial charge in [-0.3, -0.25) is 14.5 Å². The topological polar surface area (TPSA) is 67.9 Å². The number of hydrogen-bond acceptors (Lipinski definition) is 6. The highest BCUT2D eigenvalue weighted by Crippen LogP contribution is 2.47. The molecule has 0 spiro atoms. The van der Waals surface area contributed by atoms with Gasteiger partial charge in [-0.25, -0.2) is 0 Å². The van der Waals surface area contributed by atoms with Crippen LogP contribution in [0.3, 0.4) is 0 Å². The second kappa shape index (κ2) is 6.54. The van der Waals surface area contributed by atoms with Crippen molar-refractivity contribution >= 4 is 11.9 Å². The van der Waals surface area contributed by atoms with Gasteiger partial charge in [0.05, 0.1) is 26.1 Å². The zero-order valence-electron chi connectivity index (χ0n) is 13.4. The van der Waals surface area contributed by atoms with Crippen LogP contribution in [0.4, 0.5) is 0 Å². The van der Waals surface area contributed by atoms with E-state index in [2.05, 4.69) is 10.2 Å². The van der Waals surface area contributed by atoms with Gasteiger partial charge in [0.25, 0.3) is 0 Å². The van der Waals surface area contributed by atoms with Crippen LogP contribution < -0.4 is 5.32 Å². The fourth-order valence-electron chi connectivity index (χ4n) is 4.68. The van der Waals surface area contributed by atoms with E-state index in [4.69, 9.17) is 9.47 Å². The first-order valence-electron chi connectivity index (χ1n) is 8.29. The van der Waals surface area contributed by atoms with Crippen molar-refractivity contribution in [3.05, 3.63) is 0 Å². The smallest absolute Gasteiger partial charge is 0.311 e. The van der Waals surface area contributed by atoms with Crippen molar-refractivity contribution in [1.29, 1.82) is 0 Å². The van der Waals surface area contributed by atoms with Gasteiger partial charge < -0.3 is 14.8 Å². The van der Waals surface area contributed by atoms with E-state index < -0.39 is 0 Å². The molecule has 3 aliphatic rings. The SMILES string of the molecule is COC(=O)C1C(C(=O)OC)C2CCC1N2CC1CCNCC1. The number of nitrogens with zero attached hydrogens (tertiary/aromatic N) is 1. The van der Waals surface area contributed by atoms with Crippen molar-refractivity contribution in [2.24, 2.45) is 17.8 Å². The number of carbonyl (C=O) groups is 2. The van der Waals surface area contributed by atoms with Crippen molar-refractivity contribution < 1.29 is 19.1 Å². The number of rotatable bonds is 4. The van der Waals surface area contributed by atoms with Crippen LogP contribution in [-0.2, 0) is 19.1 Å². The van der Waals surface area contributed by atoms with E-state index in [0.717, 1.165) is 32.5 Å². The van der Waals surface area contributed by atoms with Gasteiger partial charge in [-0.15, -0.1) is 0 Å². The van der Waals surface area contributed by atoms with Crippen LogP contribution in [0, 0.1) is 17.8 Å². The second-order valence-electron chi connectivity index (χ2n) is 6.70. The normalized spacial score (nSPS) is 35.5. The molecule has 3 aliphatic heterocycles. The molecular formula is C16H26N2O4. The summed E-state index contributed by atoms with van der Waals surface area (Å²) in [7, 11) is 2.81. The van der Waals surface area contributed by atoms with Gasteiger partial charge in [0, 0.05) is 18.6 Å². The molecule has 22 heavy (non-hydrogen) atoms. The molecule has 3 heterocycles. The van der Waals surface area contributed by atoms with Gasteiger partial charge in [0.15, 0.2) is 0 Å². The largest absolute Gasteiger partial charge is 0.469 e. The Morgan fingerprint density at radius 2 is 1.45 bits per heavy atom. The van der Waals surface area contributed by atoms with Gasteiger partial charge in [0.1, 0.15) is 0 Å². The summed E-state index contributed by atoms with van der Waals surface area (Å²) in [6, 6.07) is 0.271. The Bertz CT molecular complexity index is 406. The molecule has 4 atom stereocenters. The summed E-state index contributed by atoms with van der Waals surface area (Å²) in [6.07, 6.45) is 4.29. The summed E-state index contributed by atoms with van der Waals surface area (Å²) < 4.78 is 9.93. The van der Waals surface area contributed by atoms with Crippen molar-refractivity contribution in [3.8, 4) is 0 Å². The Kier molecular flexibility index (Phi) is 4.68. The lowest BCUT2D eigenvalue weighted by molar-refractivity contribution is -0.157. The van der Waals surface area contributed by atoms with Crippen molar-refractivity contribution in [2.45, 2.75) is 37.8 Å². The molecule has 2 bridgehead atoms. The Labute approximate surface area is 131 Å². The molecule has 0 aromatic rings. The van der Waals surface area contributed by atoms with E-state index in [1.165, 1.54) is 27.1 Å². The van der Waals surface area contributed by atoms with Crippen LogP contribution in [0.5, 0.6) is 0 Å². The molecule has 0 amide bonds. The average molecular weight is 310 g/mol. The number of methoxy groups -OCH3 is 2. The Morgan fingerprint density at radius 3 is 1.91 bits per heavy atom. The Morgan fingerprint density at radius 1 is 0.955 bits per heavy atom. The van der Waals surface area contributed by atoms with Gasteiger partial charge >= 0.3 is 11.9 Å². The van der Waals surface area contributed by atoms with Crippen LogP contribution in [0.2, 0.25) is 0 Å². The predicted molar refractivity (Wildman–Crippen MR) is 80.1 cm³/mol. The van der Waals surface area contributed by atoms with Crippen LogP contribution in [0.1, 0.15) is 25.7 Å². The fraction of sp³-hybridized carbons (Fsp3) is 0.875. The lowest BCUT2D eigenvalue weighted by Gasteiger charge is -2.30. The maximum absolute atomic E-state index is 12.2. The van der Waals surface area contributed by atoms with Crippen LogP contribution in [0.25, 0.3) is 0 Å². The number of hydrogen-bond donors (Lipinski definition) is 1. The fourth-order valence-corrected chi connectivity index (χ4v) is 4.68. The molecule has 1 N–H and O–H groups in total. The van der Waals surface area contributed by atoms with Crippen LogP contribution >= 0.6 is 0 Å². The zero-order valence-corrected chi connectivity index (χ0v) is 13.4. The van der Waals surface area contributed by atoms with E-state index in [9.17, 15) is 9.59 Å². The summed E-state index contributed by atoms with van der Waals surface area (Å²) in [6.45, 7) is 3.11. The summed E-state index contributed by atoms with van der Waals surface area (Å²) in [5, 5.41) is 3.38. The highest BCUT2D eigenvalue weighted by Gasteiger charge is 2.59. The lowest BCUT2D eigenvalue weighted by Crippen LogP contribution is -2.40. The van der Waals surface area contributed by atoms with Crippen molar-refractivity contribution in [3.63, 3.8) is 0 Å². The van der Waals surface area contributed by atoms with Crippen molar-refractivity contribution in [2.75, 3.05) is 33.9 Å². The molecule has 0 radical (unpaired) electrons. The summed E-state index contributed by atoms with van der Waals surface area (Å²) in [5.41, 5.74) is 0. The van der Waals surface area contributed by atoms with E-state index in [1.54, 1.807) is 0 Å². The molecule has 3 saturated heterocycles. The van der Waals surface area contributed by atoms with Crippen LogP contribution in [0.15, 0.2) is 0 Å². The predicted octanol–water partition coefficient (Wildman–Crippen LogP) is 0.411.